The maximum absolute atomic E-state index is 14.0. The summed E-state index contributed by atoms with van der Waals surface area (Å²) in [5.41, 5.74) is 2.02. The predicted molar refractivity (Wildman–Crippen MR) is 99.3 cm³/mol. The zero-order valence-electron chi connectivity index (χ0n) is 15.8. The molecule has 1 unspecified atom stereocenters. The third-order valence-electron chi connectivity index (χ3n) is 5.09. The van der Waals surface area contributed by atoms with E-state index in [0.717, 1.165) is 16.6 Å². The molecule has 6 heteroatoms. The Morgan fingerprint density at radius 1 is 1.35 bits per heavy atom. The van der Waals surface area contributed by atoms with Crippen LogP contribution in [-0.2, 0) is 16.0 Å². The van der Waals surface area contributed by atoms with Gasteiger partial charge in [0, 0.05) is 30.7 Å². The van der Waals surface area contributed by atoms with Crippen LogP contribution >= 0.6 is 0 Å². The lowest BCUT2D eigenvalue weighted by Crippen LogP contribution is -2.58. The van der Waals surface area contributed by atoms with E-state index in [9.17, 15) is 14.0 Å². The number of para-hydroxylation sites is 1. The number of benzene rings is 1. The van der Waals surface area contributed by atoms with Gasteiger partial charge in [-0.1, -0.05) is 26.0 Å². The molecule has 1 aliphatic heterocycles. The molecule has 0 aliphatic carbocycles. The number of aromatic nitrogens is 1. The molecule has 1 N–H and O–H groups in total. The Kier molecular flexibility index (Phi) is 5.03. The van der Waals surface area contributed by atoms with Crippen molar-refractivity contribution in [3.8, 4) is 0 Å². The summed E-state index contributed by atoms with van der Waals surface area (Å²) in [6, 6.07) is 4.41. The minimum absolute atomic E-state index is 0.00000643. The van der Waals surface area contributed by atoms with Crippen molar-refractivity contribution >= 4 is 22.7 Å². The van der Waals surface area contributed by atoms with Crippen molar-refractivity contribution in [1.29, 1.82) is 0 Å². The van der Waals surface area contributed by atoms with Crippen LogP contribution in [0.1, 0.15) is 32.0 Å². The van der Waals surface area contributed by atoms with Crippen molar-refractivity contribution < 1.29 is 14.0 Å². The Morgan fingerprint density at radius 2 is 2.08 bits per heavy atom. The van der Waals surface area contributed by atoms with Gasteiger partial charge in [0.05, 0.1) is 11.9 Å². The van der Waals surface area contributed by atoms with E-state index in [1.54, 1.807) is 17.9 Å². The number of halogens is 1. The van der Waals surface area contributed by atoms with E-state index in [2.05, 4.69) is 18.8 Å². The summed E-state index contributed by atoms with van der Waals surface area (Å²) in [6.45, 7) is 9.60. The molecule has 0 saturated carbocycles. The molecule has 26 heavy (non-hydrogen) atoms. The quantitative estimate of drug-likeness (QED) is 0.913. The Balaban J connectivity index is 1.78. The SMILES string of the molecule is Cc1[nH]c2c(F)cccc2c1CC(=O)N1CCN(CC(C)C)C(=O)C1C. The van der Waals surface area contributed by atoms with Crippen LogP contribution in [-0.4, -0.2) is 52.3 Å². The standard InChI is InChI=1S/C20H26FN3O2/c1-12(2)11-23-8-9-24(14(4)20(23)26)18(25)10-16-13(3)22-19-15(16)6-5-7-17(19)21/h5-7,12,14,22H,8-11H2,1-4H3. The molecule has 1 saturated heterocycles. The van der Waals surface area contributed by atoms with Crippen molar-refractivity contribution in [2.75, 3.05) is 19.6 Å². The number of aromatic amines is 1. The molecule has 1 aliphatic rings. The van der Waals surface area contributed by atoms with Crippen LogP contribution in [0.15, 0.2) is 18.2 Å². The Labute approximate surface area is 153 Å². The second kappa shape index (κ2) is 7.09. The number of hydrogen-bond acceptors (Lipinski definition) is 2. The first kappa shape index (κ1) is 18.4. The van der Waals surface area contributed by atoms with E-state index < -0.39 is 6.04 Å². The molecule has 1 atom stereocenters. The van der Waals surface area contributed by atoms with Crippen molar-refractivity contribution in [3.05, 3.63) is 35.3 Å². The number of fused-ring (bicyclic) bond motifs is 1. The van der Waals surface area contributed by atoms with Gasteiger partial charge in [-0.3, -0.25) is 9.59 Å². The van der Waals surface area contributed by atoms with Crippen LogP contribution in [0.5, 0.6) is 0 Å². The van der Waals surface area contributed by atoms with E-state index in [4.69, 9.17) is 0 Å². The Hall–Kier alpha value is -2.37. The minimum atomic E-state index is -0.461. The van der Waals surface area contributed by atoms with Crippen molar-refractivity contribution in [1.82, 2.24) is 14.8 Å². The maximum atomic E-state index is 14.0. The van der Waals surface area contributed by atoms with Gasteiger partial charge in [0.25, 0.3) is 0 Å². The largest absolute Gasteiger partial charge is 0.356 e. The zero-order valence-corrected chi connectivity index (χ0v) is 15.8. The molecule has 1 aromatic heterocycles. The number of aryl methyl sites for hydroxylation is 1. The highest BCUT2D eigenvalue weighted by molar-refractivity contribution is 5.93. The summed E-state index contributed by atoms with van der Waals surface area (Å²) in [6.07, 6.45) is 0.164. The predicted octanol–water partition coefficient (Wildman–Crippen LogP) is 2.87. The summed E-state index contributed by atoms with van der Waals surface area (Å²) in [7, 11) is 0. The van der Waals surface area contributed by atoms with Gasteiger partial charge in [0.2, 0.25) is 11.8 Å². The fourth-order valence-corrected chi connectivity index (χ4v) is 3.74. The van der Waals surface area contributed by atoms with Crippen molar-refractivity contribution in [3.63, 3.8) is 0 Å². The summed E-state index contributed by atoms with van der Waals surface area (Å²) < 4.78 is 14.0. The summed E-state index contributed by atoms with van der Waals surface area (Å²) in [5.74, 6) is -0.0180. The van der Waals surface area contributed by atoms with Gasteiger partial charge in [-0.25, -0.2) is 4.39 Å². The minimum Gasteiger partial charge on any atom is -0.356 e. The molecule has 1 aromatic carbocycles. The van der Waals surface area contributed by atoms with Crippen LogP contribution in [0, 0.1) is 18.7 Å². The van der Waals surface area contributed by atoms with Crippen LogP contribution in [0.25, 0.3) is 10.9 Å². The molecular weight excluding hydrogens is 333 g/mol. The van der Waals surface area contributed by atoms with Crippen LogP contribution in [0.3, 0.4) is 0 Å². The van der Waals surface area contributed by atoms with Crippen LogP contribution in [0.2, 0.25) is 0 Å². The molecule has 0 spiro atoms. The number of amides is 2. The second-order valence-corrected chi connectivity index (χ2v) is 7.51. The number of hydrogen-bond donors (Lipinski definition) is 1. The molecule has 5 nitrogen and oxygen atoms in total. The summed E-state index contributed by atoms with van der Waals surface area (Å²) in [5, 5.41) is 0.730. The van der Waals surface area contributed by atoms with Crippen LogP contribution < -0.4 is 0 Å². The zero-order chi connectivity index (χ0) is 19.0. The lowest BCUT2D eigenvalue weighted by Gasteiger charge is -2.40. The number of nitrogens with zero attached hydrogens (tertiary/aromatic N) is 2. The van der Waals surface area contributed by atoms with Gasteiger partial charge in [0.15, 0.2) is 0 Å². The monoisotopic (exact) mass is 359 g/mol. The van der Waals surface area contributed by atoms with Gasteiger partial charge in [0.1, 0.15) is 11.9 Å². The fraction of sp³-hybridized carbons (Fsp3) is 0.500. The highest BCUT2D eigenvalue weighted by atomic mass is 19.1. The molecule has 2 heterocycles. The molecule has 1 fully saturated rings. The lowest BCUT2D eigenvalue weighted by atomic mass is 10.0. The molecule has 0 radical (unpaired) electrons. The fourth-order valence-electron chi connectivity index (χ4n) is 3.74. The Morgan fingerprint density at radius 3 is 2.77 bits per heavy atom. The smallest absolute Gasteiger partial charge is 0.245 e. The van der Waals surface area contributed by atoms with Gasteiger partial charge in [-0.2, -0.15) is 0 Å². The van der Waals surface area contributed by atoms with Crippen molar-refractivity contribution in [2.24, 2.45) is 5.92 Å². The van der Waals surface area contributed by atoms with Gasteiger partial charge >= 0.3 is 0 Å². The van der Waals surface area contributed by atoms with Gasteiger partial charge in [-0.05, 0) is 31.4 Å². The molecule has 140 valence electrons. The third-order valence-corrected chi connectivity index (χ3v) is 5.09. The van der Waals surface area contributed by atoms with E-state index >= 15 is 0 Å². The number of carbonyl (C=O) groups excluding carboxylic acids is 2. The van der Waals surface area contributed by atoms with Crippen molar-refractivity contribution in [2.45, 2.75) is 40.2 Å². The number of carbonyl (C=O) groups is 2. The Bertz CT molecular complexity index is 843. The normalized spacial score (nSPS) is 18.2. The lowest BCUT2D eigenvalue weighted by molar-refractivity contribution is -0.150. The molecule has 2 aromatic rings. The van der Waals surface area contributed by atoms with E-state index in [0.29, 0.717) is 31.1 Å². The van der Waals surface area contributed by atoms with E-state index in [1.807, 2.05) is 17.9 Å². The van der Waals surface area contributed by atoms with Crippen LogP contribution in [0.4, 0.5) is 4.39 Å². The molecule has 0 bridgehead atoms. The molecule has 3 rings (SSSR count). The molecular formula is C20H26FN3O2. The summed E-state index contributed by atoms with van der Waals surface area (Å²) >= 11 is 0. The average Bonchev–Trinajstić information content (AvgIpc) is 2.89. The van der Waals surface area contributed by atoms with E-state index in [-0.39, 0.29) is 24.1 Å². The molecule has 2 amide bonds. The number of nitrogens with one attached hydrogen (secondary N) is 1. The first-order valence-corrected chi connectivity index (χ1v) is 9.13. The average molecular weight is 359 g/mol. The van der Waals surface area contributed by atoms with E-state index in [1.165, 1.54) is 6.07 Å². The second-order valence-electron chi connectivity index (χ2n) is 7.51. The highest BCUT2D eigenvalue weighted by Gasteiger charge is 2.34. The maximum Gasteiger partial charge on any atom is 0.245 e. The third kappa shape index (κ3) is 3.32. The van der Waals surface area contributed by atoms with Gasteiger partial charge in [-0.15, -0.1) is 0 Å². The number of rotatable bonds is 4. The number of piperazine rings is 1. The first-order chi connectivity index (χ1) is 12.3. The topological polar surface area (TPSA) is 56.4 Å². The highest BCUT2D eigenvalue weighted by Crippen LogP contribution is 2.26. The number of H-pyrrole nitrogens is 1. The first-order valence-electron chi connectivity index (χ1n) is 9.13. The summed E-state index contributed by atoms with van der Waals surface area (Å²) in [4.78, 5) is 32.0. The van der Waals surface area contributed by atoms with Gasteiger partial charge < -0.3 is 14.8 Å².